The summed E-state index contributed by atoms with van der Waals surface area (Å²) < 4.78 is 10.5. The third-order valence-electron chi connectivity index (χ3n) is 5.44. The number of anilines is 1. The summed E-state index contributed by atoms with van der Waals surface area (Å²) in [5, 5.41) is 2.65. The van der Waals surface area contributed by atoms with Crippen molar-refractivity contribution in [3.63, 3.8) is 0 Å². The molecule has 1 aliphatic heterocycles. The van der Waals surface area contributed by atoms with E-state index in [1.807, 2.05) is 74.5 Å². The fourth-order valence-corrected chi connectivity index (χ4v) is 3.82. The highest BCUT2D eigenvalue weighted by Gasteiger charge is 2.33. The smallest absolute Gasteiger partial charge is 0.409 e. The maximum absolute atomic E-state index is 13.6. The molecule has 2 heterocycles. The van der Waals surface area contributed by atoms with E-state index < -0.39 is 12.3 Å². The molecule has 8 nitrogen and oxygen atoms in total. The molecule has 3 aromatic rings. The number of carbonyl (C=O) groups is 2. The first-order valence-corrected chi connectivity index (χ1v) is 11.4. The van der Waals surface area contributed by atoms with E-state index in [1.54, 1.807) is 24.3 Å². The van der Waals surface area contributed by atoms with Crippen LogP contribution in [0.3, 0.4) is 0 Å². The van der Waals surface area contributed by atoms with E-state index in [4.69, 9.17) is 14.5 Å². The number of aliphatic imine (C=N–C) groups is 1. The molecular formula is C27H28N4O4. The van der Waals surface area contributed by atoms with Crippen LogP contribution in [0.5, 0.6) is 5.88 Å². The molecular weight excluding hydrogens is 444 g/mol. The van der Waals surface area contributed by atoms with Gasteiger partial charge in [-0.25, -0.2) is 14.8 Å². The van der Waals surface area contributed by atoms with Gasteiger partial charge in [0.05, 0.1) is 18.5 Å². The summed E-state index contributed by atoms with van der Waals surface area (Å²) >= 11 is 0. The predicted molar refractivity (Wildman–Crippen MR) is 134 cm³/mol. The molecule has 0 fully saturated rings. The van der Waals surface area contributed by atoms with Gasteiger partial charge in [0.15, 0.2) is 0 Å². The van der Waals surface area contributed by atoms with Crippen LogP contribution in [0.4, 0.5) is 10.5 Å². The van der Waals surface area contributed by atoms with Crippen molar-refractivity contribution in [2.75, 3.05) is 18.6 Å². The lowest BCUT2D eigenvalue weighted by molar-refractivity contribution is -0.120. The van der Waals surface area contributed by atoms with Crippen molar-refractivity contribution >= 4 is 23.4 Å². The van der Waals surface area contributed by atoms with Gasteiger partial charge < -0.3 is 14.4 Å². The number of hydrogen-bond donors (Lipinski definition) is 1. The van der Waals surface area contributed by atoms with Gasteiger partial charge in [-0.2, -0.15) is 0 Å². The number of rotatable bonds is 7. The Morgan fingerprint density at radius 3 is 2.49 bits per heavy atom. The Kier molecular flexibility index (Phi) is 7.40. The van der Waals surface area contributed by atoms with E-state index in [9.17, 15) is 9.59 Å². The van der Waals surface area contributed by atoms with Gasteiger partial charge in [-0.3, -0.25) is 10.1 Å². The maximum atomic E-state index is 13.6. The standard InChI is InChI=1S/C27H28N4O4/c1-18(2)16-31-22-12-8-7-11-21(22)24(20-13-14-23(34-3)28-15-20)29-25(26(31)32)30-27(33)35-17-19-9-5-4-6-10-19/h4-15,18,25H,16-17H2,1-3H3,(H,30,33)/t25-/m1/s1. The van der Waals surface area contributed by atoms with Crippen LogP contribution in [0.2, 0.25) is 0 Å². The SMILES string of the molecule is COc1ccc(C2=N[C@H](NC(=O)OCc3ccccc3)C(=O)N(CC(C)C)c3ccccc32)cn1. The van der Waals surface area contributed by atoms with Crippen molar-refractivity contribution in [2.45, 2.75) is 26.6 Å². The van der Waals surface area contributed by atoms with Crippen molar-refractivity contribution in [2.24, 2.45) is 10.9 Å². The number of para-hydroxylation sites is 1. The second kappa shape index (κ2) is 10.8. The number of fused-ring (bicyclic) bond motifs is 1. The van der Waals surface area contributed by atoms with Crippen LogP contribution < -0.4 is 15.0 Å². The average Bonchev–Trinajstić information content (AvgIpc) is 2.99. The molecule has 2 amide bonds. The van der Waals surface area contributed by atoms with Crippen molar-refractivity contribution in [1.82, 2.24) is 10.3 Å². The molecule has 4 rings (SSSR count). The van der Waals surface area contributed by atoms with Crippen molar-refractivity contribution in [3.8, 4) is 5.88 Å². The summed E-state index contributed by atoms with van der Waals surface area (Å²) in [5.41, 5.74) is 3.58. The summed E-state index contributed by atoms with van der Waals surface area (Å²) in [7, 11) is 1.55. The van der Waals surface area contributed by atoms with Gasteiger partial charge in [0.1, 0.15) is 6.61 Å². The predicted octanol–water partition coefficient (Wildman–Crippen LogP) is 4.18. The van der Waals surface area contributed by atoms with Crippen molar-refractivity contribution in [1.29, 1.82) is 0 Å². The Labute approximate surface area is 204 Å². The molecule has 1 aliphatic rings. The minimum Gasteiger partial charge on any atom is -0.481 e. The summed E-state index contributed by atoms with van der Waals surface area (Å²) in [5.74, 6) is 0.328. The number of alkyl carbamates (subject to hydrolysis) is 1. The second-order valence-corrected chi connectivity index (χ2v) is 8.54. The first-order chi connectivity index (χ1) is 17.0. The number of nitrogens with zero attached hydrogens (tertiary/aromatic N) is 3. The van der Waals surface area contributed by atoms with E-state index in [0.29, 0.717) is 23.7 Å². The van der Waals surface area contributed by atoms with Gasteiger partial charge in [-0.05, 0) is 23.6 Å². The molecule has 0 saturated carbocycles. The van der Waals surface area contributed by atoms with Crippen molar-refractivity contribution in [3.05, 3.63) is 89.6 Å². The number of amides is 2. The molecule has 0 bridgehead atoms. The lowest BCUT2D eigenvalue weighted by Gasteiger charge is -2.27. The zero-order valence-electron chi connectivity index (χ0n) is 20.0. The van der Waals surface area contributed by atoms with E-state index in [0.717, 1.165) is 16.8 Å². The number of methoxy groups -OCH3 is 1. The number of nitrogens with one attached hydrogen (secondary N) is 1. The van der Waals surface area contributed by atoms with E-state index in [-0.39, 0.29) is 18.4 Å². The molecule has 0 aliphatic carbocycles. The normalized spacial score (nSPS) is 15.2. The highest BCUT2D eigenvalue weighted by molar-refractivity contribution is 6.20. The summed E-state index contributed by atoms with van der Waals surface area (Å²) in [4.78, 5) is 37.0. The lowest BCUT2D eigenvalue weighted by Crippen LogP contribution is -2.48. The van der Waals surface area contributed by atoms with Crippen LogP contribution in [0.1, 0.15) is 30.5 Å². The number of aromatic nitrogens is 1. The molecule has 0 unspecified atom stereocenters. The minimum absolute atomic E-state index is 0.0858. The first kappa shape index (κ1) is 23.9. The summed E-state index contributed by atoms with van der Waals surface area (Å²) in [6.07, 6.45) is -0.248. The minimum atomic E-state index is -1.17. The zero-order valence-corrected chi connectivity index (χ0v) is 20.0. The topological polar surface area (TPSA) is 93.1 Å². The van der Waals surface area contributed by atoms with Crippen LogP contribution in [-0.2, 0) is 16.1 Å². The number of carbonyl (C=O) groups excluding carboxylic acids is 2. The zero-order chi connectivity index (χ0) is 24.8. The van der Waals surface area contributed by atoms with Crippen LogP contribution in [0, 0.1) is 5.92 Å². The molecule has 35 heavy (non-hydrogen) atoms. The molecule has 0 radical (unpaired) electrons. The molecule has 2 aromatic carbocycles. The highest BCUT2D eigenvalue weighted by Crippen LogP contribution is 2.29. The Morgan fingerprint density at radius 1 is 1.06 bits per heavy atom. The molecule has 0 saturated heterocycles. The Balaban J connectivity index is 1.69. The number of pyridine rings is 1. The molecule has 180 valence electrons. The van der Waals surface area contributed by atoms with E-state index >= 15 is 0 Å². The van der Waals surface area contributed by atoms with Crippen LogP contribution in [-0.4, -0.2) is 42.5 Å². The van der Waals surface area contributed by atoms with Crippen LogP contribution >= 0.6 is 0 Å². The monoisotopic (exact) mass is 472 g/mol. The number of hydrogen-bond acceptors (Lipinski definition) is 6. The van der Waals surface area contributed by atoms with E-state index in [1.165, 1.54) is 0 Å². The van der Waals surface area contributed by atoms with Crippen LogP contribution in [0.15, 0.2) is 77.9 Å². The fourth-order valence-electron chi connectivity index (χ4n) is 3.82. The second-order valence-electron chi connectivity index (χ2n) is 8.54. The third-order valence-corrected chi connectivity index (χ3v) is 5.44. The first-order valence-electron chi connectivity index (χ1n) is 11.4. The van der Waals surface area contributed by atoms with Gasteiger partial charge in [-0.15, -0.1) is 0 Å². The van der Waals surface area contributed by atoms with Gasteiger partial charge in [-0.1, -0.05) is 62.4 Å². The third kappa shape index (κ3) is 5.66. The maximum Gasteiger partial charge on any atom is 0.409 e. The molecule has 0 spiro atoms. The molecule has 1 N–H and O–H groups in total. The van der Waals surface area contributed by atoms with Gasteiger partial charge in [0.2, 0.25) is 12.0 Å². The Hall–Kier alpha value is -4.20. The lowest BCUT2D eigenvalue weighted by atomic mass is 10.0. The van der Waals surface area contributed by atoms with Crippen molar-refractivity contribution < 1.29 is 19.1 Å². The number of benzodiazepines with no additional fused rings is 1. The summed E-state index contributed by atoms with van der Waals surface area (Å²) in [6.45, 7) is 4.62. The van der Waals surface area contributed by atoms with Gasteiger partial charge in [0.25, 0.3) is 5.91 Å². The Bertz CT molecular complexity index is 1210. The average molecular weight is 473 g/mol. The van der Waals surface area contributed by atoms with Gasteiger partial charge in [0, 0.05) is 29.9 Å². The molecule has 1 aromatic heterocycles. The van der Waals surface area contributed by atoms with E-state index in [2.05, 4.69) is 10.3 Å². The number of ether oxygens (including phenoxy) is 2. The molecule has 8 heteroatoms. The quantitative estimate of drug-likeness (QED) is 0.557. The van der Waals surface area contributed by atoms with Gasteiger partial charge >= 0.3 is 6.09 Å². The van der Waals surface area contributed by atoms with Crippen LogP contribution in [0.25, 0.3) is 0 Å². The highest BCUT2D eigenvalue weighted by atomic mass is 16.5. The summed E-state index contributed by atoms with van der Waals surface area (Å²) in [6, 6.07) is 20.5. The molecule has 1 atom stereocenters. The number of benzene rings is 2. The largest absolute Gasteiger partial charge is 0.481 e. The fraction of sp³-hybridized carbons (Fsp3) is 0.259. The Morgan fingerprint density at radius 2 is 1.80 bits per heavy atom.